The van der Waals surface area contributed by atoms with Crippen LogP contribution in [-0.4, -0.2) is 47.8 Å². The van der Waals surface area contributed by atoms with Crippen LogP contribution >= 0.6 is 11.8 Å². The van der Waals surface area contributed by atoms with Crippen LogP contribution in [0.15, 0.2) is 30.3 Å². The van der Waals surface area contributed by atoms with Crippen LogP contribution in [-0.2, 0) is 0 Å². The summed E-state index contributed by atoms with van der Waals surface area (Å²) in [7, 11) is 5.95. The van der Waals surface area contributed by atoms with Crippen molar-refractivity contribution in [2.45, 2.75) is 5.44 Å². The molecule has 0 amide bonds. The quantitative estimate of drug-likeness (QED) is 0.641. The molecule has 4 heteroatoms. The van der Waals surface area contributed by atoms with Crippen molar-refractivity contribution >= 4 is 16.9 Å². The molecule has 0 aliphatic rings. The van der Waals surface area contributed by atoms with E-state index in [9.17, 15) is 9.90 Å². The van der Waals surface area contributed by atoms with Gasteiger partial charge in [-0.05, 0) is 11.8 Å². The van der Waals surface area contributed by atoms with E-state index >= 15 is 0 Å². The number of hydrogen-bond donors (Lipinski definition) is 1. The van der Waals surface area contributed by atoms with E-state index in [1.807, 2.05) is 39.3 Å². The van der Waals surface area contributed by atoms with Gasteiger partial charge in [-0.15, -0.1) is 0 Å². The van der Waals surface area contributed by atoms with E-state index in [-0.39, 0.29) is 5.12 Å². The van der Waals surface area contributed by atoms with Crippen LogP contribution in [0.3, 0.4) is 0 Å². The monoisotopic (exact) mass is 240 g/mol. The highest BCUT2D eigenvalue weighted by Gasteiger charge is 2.19. The molecule has 0 fully saturated rings. The van der Waals surface area contributed by atoms with Gasteiger partial charge in [0.15, 0.2) is 5.44 Å². The van der Waals surface area contributed by atoms with Crippen LogP contribution in [0.1, 0.15) is 10.4 Å². The molecule has 0 aromatic heterocycles. The number of likely N-dealkylation sites (N-methyl/N-ethyl adjacent to an activating group) is 1. The molecule has 3 nitrogen and oxygen atoms in total. The first-order chi connectivity index (χ1) is 7.38. The van der Waals surface area contributed by atoms with Crippen molar-refractivity contribution in [2.24, 2.45) is 0 Å². The number of benzene rings is 1. The summed E-state index contributed by atoms with van der Waals surface area (Å²) in [4.78, 5) is 11.7. The number of rotatable bonds is 4. The maximum absolute atomic E-state index is 11.7. The zero-order chi connectivity index (χ0) is 12.2. The third-order valence-electron chi connectivity index (χ3n) is 1.96. The Hall–Kier alpha value is -0.840. The van der Waals surface area contributed by atoms with E-state index in [1.54, 1.807) is 12.1 Å². The minimum absolute atomic E-state index is 0.0819. The summed E-state index contributed by atoms with van der Waals surface area (Å²) >= 11 is 0.981. The first-order valence-corrected chi connectivity index (χ1v) is 6.01. The van der Waals surface area contributed by atoms with Gasteiger partial charge in [0.2, 0.25) is 5.12 Å². The molecule has 0 saturated carbocycles. The molecule has 0 aliphatic heterocycles. The fraction of sp³-hybridized carbons (Fsp3) is 0.417. The van der Waals surface area contributed by atoms with Gasteiger partial charge in [-0.1, -0.05) is 30.3 Å². The van der Waals surface area contributed by atoms with E-state index < -0.39 is 5.44 Å². The minimum Gasteiger partial charge on any atom is -0.376 e. The van der Waals surface area contributed by atoms with Gasteiger partial charge >= 0.3 is 0 Å². The molecule has 0 heterocycles. The third-order valence-corrected chi connectivity index (χ3v) is 2.83. The van der Waals surface area contributed by atoms with E-state index in [4.69, 9.17) is 0 Å². The van der Waals surface area contributed by atoms with Gasteiger partial charge in [0.25, 0.3) is 0 Å². The molecule has 0 saturated heterocycles. The Morgan fingerprint density at radius 2 is 1.88 bits per heavy atom. The predicted octanol–water partition coefficient (Wildman–Crippen LogP) is 1.58. The van der Waals surface area contributed by atoms with Crippen LogP contribution in [0, 0.1) is 0 Å². The SMILES string of the molecule is C[N+](C)(C)CC(O)SC(=O)c1ccccc1. The molecule has 0 bridgehead atoms. The number of thioether (sulfide) groups is 1. The number of carbonyl (C=O) groups is 1. The molecular weight excluding hydrogens is 222 g/mol. The Morgan fingerprint density at radius 1 is 1.31 bits per heavy atom. The number of quaternary nitrogens is 1. The number of nitrogens with zero attached hydrogens (tertiary/aromatic N) is 1. The standard InChI is InChI=1S/C12H18NO2S/c1-13(2,3)9-11(14)16-12(15)10-7-5-4-6-8-10/h4-8,11,14H,9H2,1-3H3/q+1. The molecule has 1 aromatic carbocycles. The number of carbonyl (C=O) groups excluding carboxylic acids is 1. The largest absolute Gasteiger partial charge is 0.376 e. The van der Waals surface area contributed by atoms with Gasteiger partial charge in [-0.3, -0.25) is 4.79 Å². The average molecular weight is 240 g/mol. The minimum atomic E-state index is -0.660. The maximum atomic E-state index is 11.7. The molecule has 16 heavy (non-hydrogen) atoms. The van der Waals surface area contributed by atoms with Gasteiger partial charge in [-0.2, -0.15) is 0 Å². The second-order valence-corrected chi connectivity index (χ2v) is 5.85. The summed E-state index contributed by atoms with van der Waals surface area (Å²) in [6, 6.07) is 9.02. The van der Waals surface area contributed by atoms with Crippen LogP contribution in [0.25, 0.3) is 0 Å². The molecular formula is C12H18NO2S+. The maximum Gasteiger partial charge on any atom is 0.222 e. The Balaban J connectivity index is 2.53. The summed E-state index contributed by atoms with van der Waals surface area (Å²) in [6.45, 7) is 0.545. The van der Waals surface area contributed by atoms with Crippen LogP contribution < -0.4 is 0 Å². The molecule has 0 aliphatic carbocycles. The van der Waals surface area contributed by atoms with Crippen molar-refractivity contribution in [1.82, 2.24) is 0 Å². The van der Waals surface area contributed by atoms with Crippen molar-refractivity contribution in [2.75, 3.05) is 27.7 Å². The summed E-state index contributed by atoms with van der Waals surface area (Å²) < 4.78 is 0.635. The summed E-state index contributed by atoms with van der Waals surface area (Å²) in [5, 5.41) is 9.66. The van der Waals surface area contributed by atoms with Gasteiger partial charge in [0, 0.05) is 5.56 Å². The molecule has 0 radical (unpaired) electrons. The van der Waals surface area contributed by atoms with Crippen molar-refractivity contribution in [3.8, 4) is 0 Å². The molecule has 1 aromatic rings. The third kappa shape index (κ3) is 4.79. The van der Waals surface area contributed by atoms with E-state index in [0.29, 0.717) is 16.6 Å². The molecule has 1 rings (SSSR count). The molecule has 1 N–H and O–H groups in total. The average Bonchev–Trinajstić information content (AvgIpc) is 2.16. The lowest BCUT2D eigenvalue weighted by Gasteiger charge is -2.25. The van der Waals surface area contributed by atoms with Crippen LogP contribution in [0.4, 0.5) is 0 Å². The molecule has 1 unspecified atom stereocenters. The van der Waals surface area contributed by atoms with E-state index in [1.165, 1.54) is 0 Å². The van der Waals surface area contributed by atoms with Gasteiger partial charge in [-0.25, -0.2) is 0 Å². The first-order valence-electron chi connectivity index (χ1n) is 5.13. The Morgan fingerprint density at radius 3 is 2.38 bits per heavy atom. The van der Waals surface area contributed by atoms with Crippen molar-refractivity contribution in [1.29, 1.82) is 0 Å². The van der Waals surface area contributed by atoms with E-state index in [0.717, 1.165) is 11.8 Å². The summed E-state index contributed by atoms with van der Waals surface area (Å²) in [6.07, 6.45) is 0. The normalized spacial score (nSPS) is 13.5. The van der Waals surface area contributed by atoms with Gasteiger partial charge in [0.05, 0.1) is 21.1 Å². The Kier molecular flexibility index (Phi) is 4.53. The van der Waals surface area contributed by atoms with Crippen LogP contribution in [0.2, 0.25) is 0 Å². The second kappa shape index (κ2) is 5.48. The highest BCUT2D eigenvalue weighted by Crippen LogP contribution is 2.17. The fourth-order valence-corrected chi connectivity index (χ4v) is 2.31. The Bertz CT molecular complexity index is 346. The lowest BCUT2D eigenvalue weighted by atomic mass is 10.2. The highest BCUT2D eigenvalue weighted by molar-refractivity contribution is 8.14. The first kappa shape index (κ1) is 13.2. The van der Waals surface area contributed by atoms with Crippen molar-refractivity contribution < 1.29 is 14.4 Å². The zero-order valence-corrected chi connectivity index (χ0v) is 10.7. The number of aliphatic hydroxyl groups excluding tert-OH is 1. The highest BCUT2D eigenvalue weighted by atomic mass is 32.2. The zero-order valence-electron chi connectivity index (χ0n) is 9.88. The van der Waals surface area contributed by atoms with Crippen molar-refractivity contribution in [3.05, 3.63) is 35.9 Å². The van der Waals surface area contributed by atoms with Gasteiger partial charge < -0.3 is 9.59 Å². The van der Waals surface area contributed by atoms with Gasteiger partial charge in [0.1, 0.15) is 6.54 Å². The lowest BCUT2D eigenvalue weighted by molar-refractivity contribution is -0.871. The smallest absolute Gasteiger partial charge is 0.222 e. The Labute approximate surface area is 101 Å². The van der Waals surface area contributed by atoms with Crippen molar-refractivity contribution in [3.63, 3.8) is 0 Å². The van der Waals surface area contributed by atoms with E-state index in [2.05, 4.69) is 0 Å². The predicted molar refractivity (Wildman–Crippen MR) is 67.3 cm³/mol. The molecule has 88 valence electrons. The topological polar surface area (TPSA) is 37.3 Å². The molecule has 0 spiro atoms. The number of aliphatic hydroxyl groups is 1. The molecule has 1 atom stereocenters. The van der Waals surface area contributed by atoms with Crippen LogP contribution in [0.5, 0.6) is 0 Å². The second-order valence-electron chi connectivity index (χ2n) is 4.70. The fourth-order valence-electron chi connectivity index (χ4n) is 1.27. The summed E-state index contributed by atoms with van der Waals surface area (Å²) in [5.41, 5.74) is -0.0272. The summed E-state index contributed by atoms with van der Waals surface area (Å²) in [5.74, 6) is 0. The lowest BCUT2D eigenvalue weighted by Crippen LogP contribution is -2.40. The number of hydrogen-bond acceptors (Lipinski definition) is 3.